The third kappa shape index (κ3) is 2.62. The number of aryl methyl sites for hydroxylation is 2. The van der Waals surface area contributed by atoms with Crippen LogP contribution in [-0.2, 0) is 0 Å². The number of halogens is 1. The molecule has 0 unspecified atom stereocenters. The van der Waals surface area contributed by atoms with Crippen LogP contribution < -0.4 is 4.74 Å². The van der Waals surface area contributed by atoms with E-state index in [4.69, 9.17) is 4.74 Å². The van der Waals surface area contributed by atoms with Gasteiger partial charge >= 0.3 is 0 Å². The Balaban J connectivity index is 2.41. The van der Waals surface area contributed by atoms with Crippen molar-refractivity contribution < 1.29 is 13.9 Å². The van der Waals surface area contributed by atoms with E-state index >= 15 is 0 Å². The Morgan fingerprint density at radius 1 is 1.21 bits per heavy atom. The molecule has 0 aliphatic carbocycles. The molecule has 0 aliphatic rings. The van der Waals surface area contributed by atoms with Gasteiger partial charge in [-0.15, -0.1) is 0 Å². The third-order valence-corrected chi connectivity index (χ3v) is 2.88. The van der Waals surface area contributed by atoms with Gasteiger partial charge in [0.1, 0.15) is 0 Å². The molecule has 1 heterocycles. The van der Waals surface area contributed by atoms with Gasteiger partial charge in [0.2, 0.25) is 0 Å². The van der Waals surface area contributed by atoms with E-state index in [-0.39, 0.29) is 17.1 Å². The molecule has 0 saturated heterocycles. The second kappa shape index (κ2) is 5.18. The number of pyridine rings is 1. The first kappa shape index (κ1) is 13.2. The van der Waals surface area contributed by atoms with E-state index in [9.17, 15) is 9.18 Å². The first-order valence-electron chi connectivity index (χ1n) is 5.85. The molecule has 19 heavy (non-hydrogen) atoms. The van der Waals surface area contributed by atoms with Crippen molar-refractivity contribution in [3.8, 4) is 5.75 Å². The fraction of sp³-hybridized carbons (Fsp3) is 0.200. The topological polar surface area (TPSA) is 39.2 Å². The molecule has 0 radical (unpaired) electrons. The van der Waals surface area contributed by atoms with Crippen molar-refractivity contribution in [2.45, 2.75) is 13.8 Å². The number of ether oxygens (including phenoxy) is 1. The second-order valence-corrected chi connectivity index (χ2v) is 4.26. The lowest BCUT2D eigenvalue weighted by Crippen LogP contribution is -2.06. The Morgan fingerprint density at radius 2 is 1.95 bits per heavy atom. The number of rotatable bonds is 3. The van der Waals surface area contributed by atoms with Crippen molar-refractivity contribution in [3.05, 3.63) is 58.7 Å². The Labute approximate surface area is 111 Å². The number of hydrogen-bond donors (Lipinski definition) is 0. The molecule has 0 spiro atoms. The lowest BCUT2D eigenvalue weighted by atomic mass is 10.0. The number of hydrogen-bond acceptors (Lipinski definition) is 3. The first-order valence-corrected chi connectivity index (χ1v) is 5.85. The van der Waals surface area contributed by atoms with E-state index in [0.29, 0.717) is 11.3 Å². The van der Waals surface area contributed by atoms with E-state index in [1.807, 2.05) is 6.92 Å². The maximum Gasteiger partial charge on any atom is 0.194 e. The van der Waals surface area contributed by atoms with Gasteiger partial charge in [-0.2, -0.15) is 0 Å². The fourth-order valence-electron chi connectivity index (χ4n) is 1.89. The van der Waals surface area contributed by atoms with Crippen LogP contribution in [0.25, 0.3) is 0 Å². The van der Waals surface area contributed by atoms with Crippen molar-refractivity contribution in [2.75, 3.05) is 7.11 Å². The molecular weight excluding hydrogens is 245 g/mol. The van der Waals surface area contributed by atoms with E-state index in [2.05, 4.69) is 4.98 Å². The molecule has 1 aromatic carbocycles. The summed E-state index contributed by atoms with van der Waals surface area (Å²) in [4.78, 5) is 16.5. The predicted octanol–water partition coefficient (Wildman–Crippen LogP) is 3.08. The molecule has 2 rings (SSSR count). The summed E-state index contributed by atoms with van der Waals surface area (Å²) >= 11 is 0. The van der Waals surface area contributed by atoms with E-state index in [1.54, 1.807) is 25.1 Å². The lowest BCUT2D eigenvalue weighted by Gasteiger charge is -2.07. The van der Waals surface area contributed by atoms with Crippen molar-refractivity contribution in [3.63, 3.8) is 0 Å². The summed E-state index contributed by atoms with van der Waals surface area (Å²) in [5.74, 6) is -0.673. The SMILES string of the molecule is COc1ccc(C(=O)c2ccc(C)nc2C)cc1F. The first-order chi connectivity index (χ1) is 9.02. The maximum atomic E-state index is 13.6. The molecular formula is C15H14FNO2. The highest BCUT2D eigenvalue weighted by Crippen LogP contribution is 2.20. The van der Waals surface area contributed by atoms with Gasteiger partial charge in [0, 0.05) is 22.5 Å². The normalized spacial score (nSPS) is 10.3. The zero-order valence-electron chi connectivity index (χ0n) is 11.0. The summed E-state index contributed by atoms with van der Waals surface area (Å²) in [6.07, 6.45) is 0. The average molecular weight is 259 g/mol. The van der Waals surface area contributed by atoms with Crippen LogP contribution >= 0.6 is 0 Å². The van der Waals surface area contributed by atoms with Crippen LogP contribution in [0, 0.1) is 19.7 Å². The summed E-state index contributed by atoms with van der Waals surface area (Å²) in [6.45, 7) is 3.62. The minimum Gasteiger partial charge on any atom is -0.494 e. The molecule has 1 aromatic heterocycles. The number of aromatic nitrogens is 1. The number of ketones is 1. The molecule has 2 aromatic rings. The van der Waals surface area contributed by atoms with Gasteiger partial charge in [-0.05, 0) is 44.2 Å². The molecule has 0 bridgehead atoms. The highest BCUT2D eigenvalue weighted by molar-refractivity contribution is 6.09. The zero-order valence-corrected chi connectivity index (χ0v) is 11.0. The quantitative estimate of drug-likeness (QED) is 0.795. The number of benzene rings is 1. The van der Waals surface area contributed by atoms with Gasteiger partial charge in [0.25, 0.3) is 0 Å². The molecule has 0 aliphatic heterocycles. The largest absolute Gasteiger partial charge is 0.494 e. The van der Waals surface area contributed by atoms with Crippen LogP contribution in [-0.4, -0.2) is 17.9 Å². The van der Waals surface area contributed by atoms with E-state index in [1.165, 1.54) is 19.2 Å². The van der Waals surface area contributed by atoms with Crippen LogP contribution in [0.4, 0.5) is 4.39 Å². The van der Waals surface area contributed by atoms with E-state index in [0.717, 1.165) is 5.69 Å². The van der Waals surface area contributed by atoms with Gasteiger partial charge in [-0.1, -0.05) is 0 Å². The van der Waals surface area contributed by atoms with Crippen molar-refractivity contribution in [1.29, 1.82) is 0 Å². The minimum absolute atomic E-state index is 0.121. The smallest absolute Gasteiger partial charge is 0.194 e. The molecule has 98 valence electrons. The van der Waals surface area contributed by atoms with Crippen LogP contribution in [0.1, 0.15) is 27.3 Å². The van der Waals surface area contributed by atoms with Gasteiger partial charge in [-0.25, -0.2) is 4.39 Å². The molecule has 3 nitrogen and oxygen atoms in total. The molecule has 0 fully saturated rings. The van der Waals surface area contributed by atoms with Gasteiger partial charge < -0.3 is 4.74 Å². The molecule has 4 heteroatoms. The summed E-state index contributed by atoms with van der Waals surface area (Å²) < 4.78 is 18.4. The van der Waals surface area contributed by atoms with Crippen LogP contribution in [0.2, 0.25) is 0 Å². The van der Waals surface area contributed by atoms with Gasteiger partial charge in [0.15, 0.2) is 17.3 Å². The van der Waals surface area contributed by atoms with Gasteiger partial charge in [0.05, 0.1) is 7.11 Å². The Kier molecular flexibility index (Phi) is 3.60. The van der Waals surface area contributed by atoms with Gasteiger partial charge in [-0.3, -0.25) is 9.78 Å². The minimum atomic E-state index is -0.550. The monoisotopic (exact) mass is 259 g/mol. The summed E-state index contributed by atoms with van der Waals surface area (Å²) in [6, 6.07) is 7.64. The Morgan fingerprint density at radius 3 is 2.53 bits per heavy atom. The summed E-state index contributed by atoms with van der Waals surface area (Å²) in [7, 11) is 1.38. The Hall–Kier alpha value is -2.23. The standard InChI is InChI=1S/C15H14FNO2/c1-9-4-6-12(10(2)17-9)15(18)11-5-7-14(19-3)13(16)8-11/h4-8H,1-3H3. The van der Waals surface area contributed by atoms with Crippen molar-refractivity contribution in [2.24, 2.45) is 0 Å². The predicted molar refractivity (Wildman–Crippen MR) is 70.1 cm³/mol. The second-order valence-electron chi connectivity index (χ2n) is 4.26. The number of methoxy groups -OCH3 is 1. The van der Waals surface area contributed by atoms with Crippen LogP contribution in [0.5, 0.6) is 5.75 Å². The van der Waals surface area contributed by atoms with Crippen molar-refractivity contribution >= 4 is 5.78 Å². The Bertz CT molecular complexity index is 638. The van der Waals surface area contributed by atoms with E-state index < -0.39 is 5.82 Å². The lowest BCUT2D eigenvalue weighted by molar-refractivity contribution is 0.103. The van der Waals surface area contributed by atoms with Crippen molar-refractivity contribution in [1.82, 2.24) is 4.98 Å². The molecule has 0 amide bonds. The fourth-order valence-corrected chi connectivity index (χ4v) is 1.89. The number of nitrogens with zero attached hydrogens (tertiary/aromatic N) is 1. The number of carbonyl (C=O) groups excluding carboxylic acids is 1. The summed E-state index contributed by atoms with van der Waals surface area (Å²) in [5, 5.41) is 0. The third-order valence-electron chi connectivity index (χ3n) is 2.88. The highest BCUT2D eigenvalue weighted by Gasteiger charge is 2.14. The molecule has 0 atom stereocenters. The highest BCUT2D eigenvalue weighted by atomic mass is 19.1. The average Bonchev–Trinajstić information content (AvgIpc) is 2.38. The summed E-state index contributed by atoms with van der Waals surface area (Å²) in [5.41, 5.74) is 2.25. The molecule has 0 N–H and O–H groups in total. The molecule has 0 saturated carbocycles. The zero-order chi connectivity index (χ0) is 14.0. The number of carbonyl (C=O) groups is 1. The van der Waals surface area contributed by atoms with Crippen LogP contribution in [0.15, 0.2) is 30.3 Å². The maximum absolute atomic E-state index is 13.6. The van der Waals surface area contributed by atoms with Crippen LogP contribution in [0.3, 0.4) is 0 Å².